The van der Waals surface area contributed by atoms with Crippen LogP contribution in [0.5, 0.6) is 0 Å². The molecule has 0 saturated carbocycles. The van der Waals surface area contributed by atoms with Gasteiger partial charge in [-0.2, -0.15) is 0 Å². The third kappa shape index (κ3) is 45.9. The van der Waals surface area contributed by atoms with Gasteiger partial charge >= 0.3 is 0 Å². The van der Waals surface area contributed by atoms with Crippen molar-refractivity contribution in [3.05, 3.63) is 0 Å². The van der Waals surface area contributed by atoms with Crippen molar-refractivity contribution in [2.45, 2.75) is 0 Å². The zero-order chi connectivity index (χ0) is 5.41. The lowest BCUT2D eigenvalue weighted by Gasteiger charge is -1.71. The highest BCUT2D eigenvalue weighted by Gasteiger charge is 1.56. The predicted octanol–water partition coefficient (Wildman–Crippen LogP) is -1.20. The summed E-state index contributed by atoms with van der Waals surface area (Å²) in [4.78, 5) is 0. The van der Waals surface area contributed by atoms with Crippen LogP contribution in [0.4, 0.5) is 4.53 Å². The van der Waals surface area contributed by atoms with Crippen LogP contribution >= 0.6 is 0 Å². The maximum atomic E-state index is 8.50. The Labute approximate surface area is 35.1 Å². The summed E-state index contributed by atoms with van der Waals surface area (Å²) in [7, 11) is 0. The maximum Gasteiger partial charge on any atom is 0.0553 e. The minimum absolute atomic E-state index is 0.0972. The largest absolute Gasteiger partial charge is 0.395 e. The topological polar surface area (TPSA) is 66.5 Å². The summed E-state index contributed by atoms with van der Waals surface area (Å²) in [5.74, 6) is 0. The highest BCUT2D eigenvalue weighted by molar-refractivity contribution is 4.17. The second-order valence-corrected chi connectivity index (χ2v) is 0.512. The van der Waals surface area contributed by atoms with Crippen LogP contribution in [-0.2, 0) is 0 Å². The quantitative estimate of drug-likeness (QED) is 0.385. The molecule has 0 radical (unpaired) electrons. The van der Waals surface area contributed by atoms with E-state index in [1.165, 1.54) is 0 Å². The molecule has 0 fully saturated rings. The fraction of sp³-hybridized carbons (Fsp3) is 1.00. The van der Waals surface area contributed by atoms with E-state index in [2.05, 4.69) is 0 Å². The number of nitrogens with two attached hydrogens (primary N) is 1. The van der Waals surface area contributed by atoms with Gasteiger partial charge in [-0.25, -0.2) is 5.31 Å². The molecule has 0 aromatic carbocycles. The molecule has 0 rings (SSSR count). The van der Waals surface area contributed by atoms with Crippen LogP contribution in [0.25, 0.3) is 0 Å². The molecule has 0 aromatic rings. The van der Waals surface area contributed by atoms with Crippen LogP contribution in [0, 0.1) is 0 Å². The number of hydrogen-bond donors (Lipinski definition) is 3. The van der Waals surface area contributed by atoms with E-state index in [0.717, 1.165) is 0 Å². The van der Waals surface area contributed by atoms with E-state index < -0.39 is 0 Å². The standard InChI is InChI=1S/C2H7NO.FHO/c3-1-2-4;1-2/h4H,1-3H2;2H. The van der Waals surface area contributed by atoms with Gasteiger partial charge in [-0.15, -0.1) is 0 Å². The van der Waals surface area contributed by atoms with E-state index in [0.29, 0.717) is 6.54 Å². The molecule has 0 heterocycles. The van der Waals surface area contributed by atoms with Crippen LogP contribution in [-0.4, -0.2) is 23.6 Å². The van der Waals surface area contributed by atoms with E-state index in [1.807, 2.05) is 0 Å². The zero-order valence-electron chi connectivity index (χ0n) is 3.26. The molecule has 0 aromatic heterocycles. The average molecular weight is 97.1 g/mol. The van der Waals surface area contributed by atoms with Crippen LogP contribution in [0.1, 0.15) is 0 Å². The Bertz CT molecular complexity index is 13.5. The highest BCUT2D eigenvalue weighted by atomic mass is 19.3. The number of aliphatic hydroxyl groups is 1. The molecule has 6 heavy (non-hydrogen) atoms. The van der Waals surface area contributed by atoms with Crippen molar-refractivity contribution in [2.24, 2.45) is 5.73 Å². The Morgan fingerprint density at radius 1 is 1.50 bits per heavy atom. The SMILES string of the molecule is NCCO.OF. The van der Waals surface area contributed by atoms with Gasteiger partial charge in [0.2, 0.25) is 0 Å². The first-order chi connectivity index (χ1) is 2.91. The first-order valence-electron chi connectivity index (χ1n) is 1.39. The normalized spacial score (nSPS) is 6.00. The monoisotopic (exact) mass is 97.1 g/mol. The van der Waals surface area contributed by atoms with Crippen molar-refractivity contribution in [3.8, 4) is 0 Å². The average Bonchev–Trinajstić information content (AvgIpc) is 1.72. The van der Waals surface area contributed by atoms with Crippen LogP contribution in [0.15, 0.2) is 0 Å². The molecule has 0 unspecified atom stereocenters. The van der Waals surface area contributed by atoms with Crippen LogP contribution < -0.4 is 5.73 Å². The van der Waals surface area contributed by atoms with Gasteiger partial charge in [0.05, 0.1) is 6.61 Å². The molecule has 4 N–H and O–H groups in total. The van der Waals surface area contributed by atoms with E-state index in [4.69, 9.17) is 20.7 Å². The van der Waals surface area contributed by atoms with Gasteiger partial charge in [-0.05, 0) is 0 Å². The zero-order valence-corrected chi connectivity index (χ0v) is 3.26. The van der Waals surface area contributed by atoms with Crippen molar-refractivity contribution in [3.63, 3.8) is 0 Å². The summed E-state index contributed by atoms with van der Waals surface area (Å²) in [5.41, 5.74) is 4.78. The number of halogens is 1. The molecule has 0 amide bonds. The van der Waals surface area contributed by atoms with Gasteiger partial charge < -0.3 is 10.8 Å². The molecule has 0 saturated heterocycles. The van der Waals surface area contributed by atoms with Gasteiger partial charge in [-0.1, -0.05) is 4.53 Å². The number of rotatable bonds is 1. The maximum absolute atomic E-state index is 8.50. The Morgan fingerprint density at radius 3 is 1.67 bits per heavy atom. The lowest BCUT2D eigenvalue weighted by atomic mass is 10.8. The van der Waals surface area contributed by atoms with Crippen molar-refractivity contribution >= 4 is 0 Å². The smallest absolute Gasteiger partial charge is 0.0553 e. The molecule has 0 aliphatic carbocycles. The second-order valence-electron chi connectivity index (χ2n) is 0.512. The van der Waals surface area contributed by atoms with Gasteiger partial charge in [0.25, 0.3) is 0 Å². The predicted molar refractivity (Wildman–Crippen MR) is 19.5 cm³/mol. The Morgan fingerprint density at radius 2 is 1.67 bits per heavy atom. The Hall–Kier alpha value is -0.190. The summed E-state index contributed by atoms with van der Waals surface area (Å²) in [6.45, 7) is 0.472. The molecule has 0 atom stereocenters. The minimum atomic E-state index is 0.0972. The minimum Gasteiger partial charge on any atom is -0.395 e. The molecule has 40 valence electrons. The lowest BCUT2D eigenvalue weighted by molar-refractivity contribution is -0.0441. The van der Waals surface area contributed by atoms with E-state index in [9.17, 15) is 0 Å². The van der Waals surface area contributed by atoms with Crippen LogP contribution in [0.2, 0.25) is 0 Å². The summed E-state index contributed by atoms with van der Waals surface area (Å²) >= 11 is 0. The van der Waals surface area contributed by atoms with Crippen molar-refractivity contribution < 1.29 is 14.9 Å². The highest BCUT2D eigenvalue weighted by Crippen LogP contribution is 1.33. The molecular weight excluding hydrogens is 89.0 g/mol. The molecule has 4 heteroatoms. The van der Waals surface area contributed by atoms with Gasteiger partial charge in [0.15, 0.2) is 0 Å². The van der Waals surface area contributed by atoms with Gasteiger partial charge in [0.1, 0.15) is 0 Å². The van der Waals surface area contributed by atoms with Gasteiger partial charge in [0, 0.05) is 6.54 Å². The molecule has 3 nitrogen and oxygen atoms in total. The molecular formula is C2H8FNO2. The fourth-order valence-corrected chi connectivity index (χ4v) is 0. The van der Waals surface area contributed by atoms with E-state index in [-0.39, 0.29) is 6.61 Å². The number of aliphatic hydroxyl groups excluding tert-OH is 1. The van der Waals surface area contributed by atoms with Crippen molar-refractivity contribution in [1.29, 1.82) is 0 Å². The first kappa shape index (κ1) is 9.26. The molecule has 0 spiro atoms. The summed E-state index contributed by atoms with van der Waals surface area (Å²) in [5, 5.41) is 13.2. The first-order valence-corrected chi connectivity index (χ1v) is 1.39. The third-order valence-corrected chi connectivity index (χ3v) is 0.129. The fourth-order valence-electron chi connectivity index (χ4n) is 0. The Balaban J connectivity index is 0. The van der Waals surface area contributed by atoms with E-state index >= 15 is 0 Å². The molecule has 0 aliphatic rings. The van der Waals surface area contributed by atoms with Gasteiger partial charge in [-0.3, -0.25) is 0 Å². The third-order valence-electron chi connectivity index (χ3n) is 0.129. The lowest BCUT2D eigenvalue weighted by Crippen LogP contribution is -2.02. The van der Waals surface area contributed by atoms with Crippen LogP contribution in [0.3, 0.4) is 0 Å². The summed E-state index contributed by atoms with van der Waals surface area (Å²) in [6, 6.07) is 0. The number of hydrogen-bond acceptors (Lipinski definition) is 3. The molecule has 0 bridgehead atoms. The van der Waals surface area contributed by atoms with Crippen molar-refractivity contribution in [2.75, 3.05) is 13.2 Å². The van der Waals surface area contributed by atoms with Crippen molar-refractivity contribution in [1.82, 2.24) is 0 Å². The van der Waals surface area contributed by atoms with E-state index in [1.54, 1.807) is 0 Å². The second kappa shape index (κ2) is 21.3. The molecule has 0 aliphatic heterocycles. The summed E-state index contributed by atoms with van der Waals surface area (Å²) in [6.07, 6.45) is 0. The Kier molecular flexibility index (Phi) is 32.9. The summed E-state index contributed by atoms with van der Waals surface area (Å²) < 4.78 is 8.50.